The van der Waals surface area contributed by atoms with Gasteiger partial charge < -0.3 is 24.3 Å². The van der Waals surface area contributed by atoms with E-state index in [1.807, 2.05) is 27.7 Å². The van der Waals surface area contributed by atoms with Crippen molar-refractivity contribution >= 4 is 27.8 Å². The van der Waals surface area contributed by atoms with Gasteiger partial charge in [-0.15, -0.1) is 10.2 Å². The van der Waals surface area contributed by atoms with Gasteiger partial charge >= 0.3 is 0 Å². The van der Waals surface area contributed by atoms with E-state index in [-0.39, 0.29) is 97.6 Å². The molecule has 5 aliphatic heterocycles. The number of halogens is 2. The number of fused-ring (bicyclic) bond motifs is 2. The highest BCUT2D eigenvalue weighted by Crippen LogP contribution is 2.45. The molecule has 0 radical (unpaired) electrons. The zero-order valence-electron chi connectivity index (χ0n) is 31.5. The number of nitrogens with zero attached hydrogens (tertiary/aromatic N) is 9. The SMILES string of the molecule is C=CC(=O)N1C[C@@H]2C[C@H]1CN2S(=O)(=O)N1CCC(F)(CN2CCC3(CC2)CN(c2ncnnc2Oc2ccc(F)cc2C(=O)N(C(C)C)C(C)C)C3)CC1. The molecule has 1 spiro atoms. The number of anilines is 1. The van der Waals surface area contributed by atoms with E-state index < -0.39 is 21.7 Å². The van der Waals surface area contributed by atoms with Crippen molar-refractivity contribution in [3.8, 4) is 11.6 Å². The van der Waals surface area contributed by atoms with Crippen LogP contribution in [0.3, 0.4) is 0 Å². The van der Waals surface area contributed by atoms with Gasteiger partial charge in [0.2, 0.25) is 5.91 Å². The molecule has 5 aliphatic rings. The van der Waals surface area contributed by atoms with E-state index in [0.29, 0.717) is 31.9 Å². The molecule has 14 nitrogen and oxygen atoms in total. The largest absolute Gasteiger partial charge is 0.434 e. The number of piperidine rings is 2. The third-order valence-corrected chi connectivity index (χ3v) is 14.0. The predicted molar refractivity (Wildman–Crippen MR) is 197 cm³/mol. The van der Waals surface area contributed by atoms with Gasteiger partial charge in [-0.1, -0.05) is 6.58 Å². The predicted octanol–water partition coefficient (Wildman–Crippen LogP) is 3.48. The summed E-state index contributed by atoms with van der Waals surface area (Å²) in [5.74, 6) is -0.296. The molecule has 17 heteroatoms. The number of amides is 2. The molecule has 5 saturated heterocycles. The highest BCUT2D eigenvalue weighted by Gasteiger charge is 2.52. The molecular formula is C37H51F2N9O5S. The topological polar surface area (TPSA) is 136 Å². The van der Waals surface area contributed by atoms with Gasteiger partial charge in [-0.2, -0.15) is 17.0 Å². The molecular weight excluding hydrogens is 721 g/mol. The van der Waals surface area contributed by atoms with Crippen LogP contribution in [-0.4, -0.2) is 147 Å². The van der Waals surface area contributed by atoms with Crippen molar-refractivity contribution in [1.29, 1.82) is 0 Å². The Morgan fingerprint density at radius 3 is 2.33 bits per heavy atom. The minimum Gasteiger partial charge on any atom is -0.434 e. The molecule has 1 aromatic heterocycles. The van der Waals surface area contributed by atoms with Gasteiger partial charge in [0, 0.05) is 75.4 Å². The lowest BCUT2D eigenvalue weighted by molar-refractivity contribution is -0.127. The van der Waals surface area contributed by atoms with Crippen molar-refractivity contribution in [2.24, 2.45) is 5.41 Å². The molecule has 0 aliphatic carbocycles. The van der Waals surface area contributed by atoms with E-state index >= 15 is 4.39 Å². The van der Waals surface area contributed by atoms with Gasteiger partial charge in [0.15, 0.2) is 5.82 Å². The lowest BCUT2D eigenvalue weighted by atomic mass is 9.72. The molecule has 7 rings (SSSR count). The molecule has 5 fully saturated rings. The zero-order valence-corrected chi connectivity index (χ0v) is 32.3. The average Bonchev–Trinajstić information content (AvgIpc) is 3.74. The molecule has 1 aromatic carbocycles. The molecule has 2 amide bonds. The van der Waals surface area contributed by atoms with Crippen LogP contribution >= 0.6 is 0 Å². The number of aromatic nitrogens is 3. The molecule has 0 saturated carbocycles. The molecule has 2 atom stereocenters. The summed E-state index contributed by atoms with van der Waals surface area (Å²) in [6.45, 7) is 15.2. The number of likely N-dealkylation sites (tertiary alicyclic amines) is 2. The number of rotatable bonds is 11. The Hall–Kier alpha value is -3.80. The number of hydrogen-bond donors (Lipinski definition) is 0. The second-order valence-corrected chi connectivity index (χ2v) is 18.1. The third kappa shape index (κ3) is 7.31. The first-order valence-corrected chi connectivity index (χ1v) is 20.4. The number of hydrogen-bond acceptors (Lipinski definition) is 10. The first-order chi connectivity index (χ1) is 25.6. The summed E-state index contributed by atoms with van der Waals surface area (Å²) in [5, 5.41) is 8.11. The summed E-state index contributed by atoms with van der Waals surface area (Å²) in [6.07, 6.45) is 5.25. The van der Waals surface area contributed by atoms with Crippen LogP contribution in [0.25, 0.3) is 0 Å². The summed E-state index contributed by atoms with van der Waals surface area (Å²) in [6, 6.07) is 3.22. The third-order valence-electron chi connectivity index (χ3n) is 12.0. The van der Waals surface area contributed by atoms with Gasteiger partial charge in [0.05, 0.1) is 5.56 Å². The number of carbonyl (C=O) groups excluding carboxylic acids is 2. The Morgan fingerprint density at radius 1 is 1.04 bits per heavy atom. The van der Waals surface area contributed by atoms with E-state index in [9.17, 15) is 22.4 Å². The van der Waals surface area contributed by atoms with E-state index in [0.717, 1.165) is 25.9 Å². The summed E-state index contributed by atoms with van der Waals surface area (Å²) in [7, 11) is -3.75. The van der Waals surface area contributed by atoms with Crippen LogP contribution in [-0.2, 0) is 15.0 Å². The Kier molecular flexibility index (Phi) is 10.5. The molecule has 0 unspecified atom stereocenters. The van der Waals surface area contributed by atoms with Crippen LogP contribution < -0.4 is 9.64 Å². The number of piperazine rings is 1. The summed E-state index contributed by atoms with van der Waals surface area (Å²) in [4.78, 5) is 37.7. The maximum atomic E-state index is 16.2. The fourth-order valence-corrected chi connectivity index (χ4v) is 11.0. The van der Waals surface area contributed by atoms with Crippen molar-refractivity contribution < 1.29 is 31.5 Å². The van der Waals surface area contributed by atoms with Crippen LogP contribution in [0.15, 0.2) is 37.2 Å². The minimum absolute atomic E-state index is 0.0205. The van der Waals surface area contributed by atoms with Crippen molar-refractivity contribution in [1.82, 2.24) is 38.5 Å². The smallest absolute Gasteiger partial charge is 0.282 e. The van der Waals surface area contributed by atoms with Gasteiger partial charge in [0.25, 0.3) is 22.0 Å². The molecule has 54 heavy (non-hydrogen) atoms. The first-order valence-electron chi connectivity index (χ1n) is 19.0. The van der Waals surface area contributed by atoms with Crippen LogP contribution in [0.2, 0.25) is 0 Å². The fourth-order valence-electron chi connectivity index (χ4n) is 9.15. The maximum Gasteiger partial charge on any atom is 0.282 e. The summed E-state index contributed by atoms with van der Waals surface area (Å²) in [5.41, 5.74) is -1.36. The lowest BCUT2D eigenvalue weighted by Gasteiger charge is -2.55. The highest BCUT2D eigenvalue weighted by atomic mass is 32.2. The Balaban J connectivity index is 0.917. The van der Waals surface area contributed by atoms with Crippen LogP contribution in [0.5, 0.6) is 11.6 Å². The average molecular weight is 772 g/mol. The van der Waals surface area contributed by atoms with Crippen LogP contribution in [0.1, 0.15) is 70.2 Å². The van der Waals surface area contributed by atoms with Crippen molar-refractivity contribution in [3.05, 3.63) is 48.6 Å². The normalized spacial score (nSPS) is 24.3. The second kappa shape index (κ2) is 14.7. The second-order valence-electron chi connectivity index (χ2n) is 16.2. The quantitative estimate of drug-likeness (QED) is 0.313. The summed E-state index contributed by atoms with van der Waals surface area (Å²) >= 11 is 0. The standard InChI is InChI=1S/C37H51F2N9O5S/c1-6-32(49)46-19-29-18-28(46)20-47(29)54(51,52)45-15-11-37(39,12-16-45)23-43-13-9-36(10-14-43)21-44(22-36)33-34(42-41-24-40-33)53-31-8-7-27(38)17-30(31)35(50)48(25(2)3)26(4)5/h6-8,17,24-26,28-29H,1,9-16,18-23H2,2-5H3/t28-,29-/m0/s1. The van der Waals surface area contributed by atoms with Gasteiger partial charge in [0.1, 0.15) is 23.6 Å². The van der Waals surface area contributed by atoms with E-state index in [2.05, 4.69) is 31.6 Å². The highest BCUT2D eigenvalue weighted by molar-refractivity contribution is 7.86. The molecule has 6 heterocycles. The maximum absolute atomic E-state index is 16.2. The molecule has 0 N–H and O–H groups in total. The first kappa shape index (κ1) is 38.5. The molecule has 2 aromatic rings. The molecule has 2 bridgehead atoms. The Morgan fingerprint density at radius 2 is 1.72 bits per heavy atom. The summed E-state index contributed by atoms with van der Waals surface area (Å²) < 4.78 is 66.8. The Labute approximate surface area is 316 Å². The fraction of sp³-hybridized carbons (Fsp3) is 0.649. The monoisotopic (exact) mass is 771 g/mol. The van der Waals surface area contributed by atoms with E-state index in [1.165, 1.54) is 39.2 Å². The van der Waals surface area contributed by atoms with Gasteiger partial charge in [-0.05, 0) is 97.2 Å². The number of benzene rings is 1. The lowest BCUT2D eigenvalue weighted by Crippen LogP contribution is -2.62. The minimum atomic E-state index is -3.75. The number of carbonyl (C=O) groups is 2. The van der Waals surface area contributed by atoms with E-state index in [1.54, 1.807) is 9.80 Å². The van der Waals surface area contributed by atoms with Crippen LogP contribution in [0, 0.1) is 11.2 Å². The van der Waals surface area contributed by atoms with Crippen molar-refractivity contribution in [2.75, 3.05) is 63.8 Å². The van der Waals surface area contributed by atoms with Gasteiger partial charge in [-0.25, -0.2) is 13.8 Å². The van der Waals surface area contributed by atoms with Crippen molar-refractivity contribution in [2.45, 2.75) is 89.6 Å². The number of alkyl halides is 1. The van der Waals surface area contributed by atoms with Gasteiger partial charge in [-0.3, -0.25) is 9.59 Å². The van der Waals surface area contributed by atoms with Crippen molar-refractivity contribution in [3.63, 3.8) is 0 Å². The number of ether oxygens (including phenoxy) is 1. The van der Waals surface area contributed by atoms with E-state index in [4.69, 9.17) is 4.74 Å². The van der Waals surface area contributed by atoms with Crippen LogP contribution in [0.4, 0.5) is 14.6 Å². The Bertz CT molecular complexity index is 1850. The zero-order chi connectivity index (χ0) is 38.6. The molecule has 294 valence electrons.